The first-order valence-corrected chi connectivity index (χ1v) is 9.17. The fraction of sp³-hybridized carbons (Fsp3) is 0.143. The average Bonchev–Trinajstić information content (AvgIpc) is 3.05. The maximum atomic E-state index is 13.9. The normalized spacial score (nSPS) is 12.6. The summed E-state index contributed by atoms with van der Waals surface area (Å²) in [5.41, 5.74) is 2.75. The third kappa shape index (κ3) is 4.00. The van der Waals surface area contributed by atoms with Crippen LogP contribution in [0.15, 0.2) is 47.4 Å². The highest BCUT2D eigenvalue weighted by atomic mass is 35.5. The van der Waals surface area contributed by atoms with Crippen LogP contribution < -0.4 is 15.6 Å². The van der Waals surface area contributed by atoms with Crippen molar-refractivity contribution in [3.63, 3.8) is 0 Å². The Morgan fingerprint density at radius 2 is 1.90 bits per heavy atom. The van der Waals surface area contributed by atoms with Crippen LogP contribution in [0.5, 0.6) is 5.75 Å². The van der Waals surface area contributed by atoms with Crippen molar-refractivity contribution in [2.75, 3.05) is 5.32 Å². The third-order valence-electron chi connectivity index (χ3n) is 4.64. The molecule has 0 unspecified atom stereocenters. The SMILES string of the molecule is O=C1Cc2cc(Cc3c[nH]c(=O)c(Cl)c3OCc3ccc(F)cc3F)ccc2N1. The Morgan fingerprint density at radius 3 is 2.69 bits per heavy atom. The number of hydrogen-bond acceptors (Lipinski definition) is 3. The molecule has 0 radical (unpaired) electrons. The molecule has 8 heteroatoms. The number of benzene rings is 2. The second-order valence-corrected chi connectivity index (χ2v) is 7.08. The summed E-state index contributed by atoms with van der Waals surface area (Å²) in [6, 6.07) is 8.73. The smallest absolute Gasteiger partial charge is 0.270 e. The predicted molar refractivity (Wildman–Crippen MR) is 104 cm³/mol. The molecule has 5 nitrogen and oxygen atoms in total. The lowest BCUT2D eigenvalue weighted by atomic mass is 10.0. The maximum absolute atomic E-state index is 13.9. The van der Waals surface area contributed by atoms with Gasteiger partial charge in [-0.25, -0.2) is 8.78 Å². The van der Waals surface area contributed by atoms with Gasteiger partial charge >= 0.3 is 0 Å². The van der Waals surface area contributed by atoms with E-state index in [0.717, 1.165) is 28.9 Å². The minimum atomic E-state index is -0.747. The molecule has 2 N–H and O–H groups in total. The molecule has 2 heterocycles. The fourth-order valence-corrected chi connectivity index (χ4v) is 3.44. The van der Waals surface area contributed by atoms with Crippen molar-refractivity contribution in [2.24, 2.45) is 0 Å². The summed E-state index contributed by atoms with van der Waals surface area (Å²) in [6.07, 6.45) is 2.17. The highest BCUT2D eigenvalue weighted by Crippen LogP contribution is 2.30. The Morgan fingerprint density at radius 1 is 1.07 bits per heavy atom. The average molecular weight is 417 g/mol. The monoisotopic (exact) mass is 416 g/mol. The Kier molecular flexibility index (Phi) is 5.07. The Hall–Kier alpha value is -3.19. The summed E-state index contributed by atoms with van der Waals surface area (Å²) in [6.45, 7) is -0.217. The van der Waals surface area contributed by atoms with Gasteiger partial charge in [-0.2, -0.15) is 0 Å². The molecule has 0 atom stereocenters. The van der Waals surface area contributed by atoms with E-state index in [4.69, 9.17) is 16.3 Å². The number of halogens is 3. The van der Waals surface area contributed by atoms with Gasteiger partial charge in [0.2, 0.25) is 5.91 Å². The molecule has 1 aliphatic heterocycles. The Bertz CT molecular complexity index is 1180. The largest absolute Gasteiger partial charge is 0.487 e. The fourth-order valence-electron chi connectivity index (χ4n) is 3.21. The van der Waals surface area contributed by atoms with Crippen LogP contribution in [-0.4, -0.2) is 10.9 Å². The summed E-state index contributed by atoms with van der Waals surface area (Å²) in [5.74, 6) is -1.36. The van der Waals surface area contributed by atoms with Crippen LogP contribution in [0.2, 0.25) is 5.02 Å². The van der Waals surface area contributed by atoms with Gasteiger partial charge in [-0.15, -0.1) is 0 Å². The van der Waals surface area contributed by atoms with Gasteiger partial charge in [0.05, 0.1) is 6.42 Å². The molecule has 1 amide bonds. The Balaban J connectivity index is 1.61. The molecule has 0 spiro atoms. The number of rotatable bonds is 5. The molecular weight excluding hydrogens is 402 g/mol. The Labute approximate surface area is 169 Å². The number of carbonyl (C=O) groups excluding carboxylic acids is 1. The van der Waals surface area contributed by atoms with E-state index < -0.39 is 17.2 Å². The molecule has 29 heavy (non-hydrogen) atoms. The van der Waals surface area contributed by atoms with Gasteiger partial charge in [-0.1, -0.05) is 23.7 Å². The van der Waals surface area contributed by atoms with Crippen LogP contribution in [0, 0.1) is 11.6 Å². The molecule has 4 rings (SSSR count). The number of hydrogen-bond donors (Lipinski definition) is 2. The molecule has 1 aromatic heterocycles. The van der Waals surface area contributed by atoms with E-state index in [2.05, 4.69) is 10.3 Å². The highest BCUT2D eigenvalue weighted by molar-refractivity contribution is 6.31. The molecular formula is C21H15ClF2N2O3. The van der Waals surface area contributed by atoms with Gasteiger partial charge in [0.15, 0.2) is 0 Å². The number of nitrogens with one attached hydrogen (secondary N) is 2. The quantitative estimate of drug-likeness (QED) is 0.661. The summed E-state index contributed by atoms with van der Waals surface area (Å²) >= 11 is 6.13. The molecule has 0 bridgehead atoms. The number of H-pyrrole nitrogens is 1. The number of carbonyl (C=O) groups is 1. The molecule has 0 saturated heterocycles. The van der Waals surface area contributed by atoms with Crippen LogP contribution in [0.25, 0.3) is 0 Å². The number of amides is 1. The highest BCUT2D eigenvalue weighted by Gasteiger charge is 2.19. The second-order valence-electron chi connectivity index (χ2n) is 6.70. The summed E-state index contributed by atoms with van der Waals surface area (Å²) in [4.78, 5) is 26.0. The van der Waals surface area contributed by atoms with E-state index in [1.165, 1.54) is 12.3 Å². The lowest BCUT2D eigenvalue weighted by Gasteiger charge is -2.14. The summed E-state index contributed by atoms with van der Waals surface area (Å²) in [5, 5.41) is 2.62. The van der Waals surface area contributed by atoms with Gasteiger partial charge in [-0.3, -0.25) is 9.59 Å². The summed E-state index contributed by atoms with van der Waals surface area (Å²) in [7, 11) is 0. The van der Waals surface area contributed by atoms with Crippen LogP contribution >= 0.6 is 11.6 Å². The van der Waals surface area contributed by atoms with E-state index in [-0.39, 0.29) is 28.8 Å². The molecule has 3 aromatic rings. The van der Waals surface area contributed by atoms with Gasteiger partial charge in [0, 0.05) is 35.5 Å². The van der Waals surface area contributed by atoms with Crippen molar-refractivity contribution >= 4 is 23.2 Å². The minimum Gasteiger partial charge on any atom is -0.487 e. The third-order valence-corrected chi connectivity index (χ3v) is 4.99. The van der Waals surface area contributed by atoms with E-state index >= 15 is 0 Å². The lowest BCUT2D eigenvalue weighted by Crippen LogP contribution is -2.11. The number of aromatic amines is 1. The molecule has 148 valence electrons. The van der Waals surface area contributed by atoms with Gasteiger partial charge < -0.3 is 15.0 Å². The van der Waals surface area contributed by atoms with Gasteiger partial charge in [0.1, 0.15) is 29.0 Å². The van der Waals surface area contributed by atoms with Crippen molar-refractivity contribution in [3.8, 4) is 5.75 Å². The number of fused-ring (bicyclic) bond motifs is 1. The maximum Gasteiger partial charge on any atom is 0.270 e. The summed E-state index contributed by atoms with van der Waals surface area (Å²) < 4.78 is 32.6. The van der Waals surface area contributed by atoms with Crippen molar-refractivity contribution in [3.05, 3.63) is 91.9 Å². The molecule has 0 aliphatic carbocycles. The van der Waals surface area contributed by atoms with Gasteiger partial charge in [0.25, 0.3) is 5.56 Å². The molecule has 2 aromatic carbocycles. The first kappa shape index (κ1) is 19.1. The minimum absolute atomic E-state index is 0.0606. The van der Waals surface area contributed by atoms with Crippen LogP contribution in [0.1, 0.15) is 22.3 Å². The van der Waals surface area contributed by atoms with Crippen molar-refractivity contribution < 1.29 is 18.3 Å². The van der Waals surface area contributed by atoms with Crippen molar-refractivity contribution in [1.29, 1.82) is 0 Å². The number of aromatic nitrogens is 1. The zero-order chi connectivity index (χ0) is 20.5. The molecule has 0 saturated carbocycles. The van der Waals surface area contributed by atoms with Gasteiger partial charge in [-0.05, 0) is 29.3 Å². The second kappa shape index (κ2) is 7.67. The predicted octanol–water partition coefficient (Wildman–Crippen LogP) is 3.97. The lowest BCUT2D eigenvalue weighted by molar-refractivity contribution is -0.115. The number of ether oxygens (including phenoxy) is 1. The van der Waals surface area contributed by atoms with Crippen LogP contribution in [-0.2, 0) is 24.2 Å². The standard InChI is InChI=1S/C21H15ClF2N2O3/c22-19-20(29-10-12-2-3-15(23)8-16(12)24)14(9-25-21(19)28)6-11-1-4-17-13(5-11)7-18(27)26-17/h1-5,8-9H,6-7,10H2,(H,25,28)(H,26,27). The van der Waals surface area contributed by atoms with E-state index in [0.29, 0.717) is 18.4 Å². The zero-order valence-electron chi connectivity index (χ0n) is 15.0. The first-order valence-electron chi connectivity index (χ1n) is 8.79. The molecule has 1 aliphatic rings. The zero-order valence-corrected chi connectivity index (χ0v) is 15.8. The van der Waals surface area contributed by atoms with E-state index in [1.807, 2.05) is 18.2 Å². The van der Waals surface area contributed by atoms with Crippen LogP contribution in [0.3, 0.4) is 0 Å². The number of pyridine rings is 1. The van der Waals surface area contributed by atoms with Crippen molar-refractivity contribution in [2.45, 2.75) is 19.4 Å². The number of anilines is 1. The van der Waals surface area contributed by atoms with Crippen molar-refractivity contribution in [1.82, 2.24) is 4.98 Å². The van der Waals surface area contributed by atoms with E-state index in [1.54, 1.807) is 0 Å². The first-order chi connectivity index (χ1) is 13.9. The van der Waals surface area contributed by atoms with E-state index in [9.17, 15) is 18.4 Å². The molecule has 0 fully saturated rings. The topological polar surface area (TPSA) is 71.2 Å². The van der Waals surface area contributed by atoms with Crippen LogP contribution in [0.4, 0.5) is 14.5 Å².